The summed E-state index contributed by atoms with van der Waals surface area (Å²) in [7, 11) is 0. The van der Waals surface area contributed by atoms with E-state index in [0.29, 0.717) is 15.8 Å². The van der Waals surface area contributed by atoms with Crippen molar-refractivity contribution >= 4 is 21.6 Å². The molecule has 5 aromatic rings. The minimum Gasteiger partial charge on any atom is -0.506 e. The van der Waals surface area contributed by atoms with Gasteiger partial charge in [-0.05, 0) is 33.9 Å². The third-order valence-corrected chi connectivity index (χ3v) is 6.35. The van der Waals surface area contributed by atoms with Crippen molar-refractivity contribution in [3.63, 3.8) is 0 Å². The van der Waals surface area contributed by atoms with Gasteiger partial charge in [0.05, 0.1) is 17.6 Å². The fourth-order valence-electron chi connectivity index (χ4n) is 3.96. The SMILES string of the molecule is O=c1[nH]c2scc(-c3ccc(-c4ccccc4)c(CO)c3)c2c(O)c1-c1ccccc1. The van der Waals surface area contributed by atoms with Gasteiger partial charge >= 0.3 is 0 Å². The largest absolute Gasteiger partial charge is 0.506 e. The molecule has 0 amide bonds. The first-order valence-electron chi connectivity index (χ1n) is 9.89. The molecule has 0 aliphatic rings. The third-order valence-electron chi connectivity index (χ3n) is 5.45. The number of fused-ring (bicyclic) bond motifs is 1. The van der Waals surface area contributed by atoms with Gasteiger partial charge in [0, 0.05) is 10.9 Å². The molecule has 0 aliphatic heterocycles. The smallest absolute Gasteiger partial charge is 0.260 e. The lowest BCUT2D eigenvalue weighted by Crippen LogP contribution is -2.08. The highest BCUT2D eigenvalue weighted by molar-refractivity contribution is 7.17. The summed E-state index contributed by atoms with van der Waals surface area (Å²) in [6.07, 6.45) is 0. The topological polar surface area (TPSA) is 73.3 Å². The lowest BCUT2D eigenvalue weighted by Gasteiger charge is -2.11. The molecule has 31 heavy (non-hydrogen) atoms. The zero-order valence-electron chi connectivity index (χ0n) is 16.5. The number of rotatable bonds is 4. The number of aliphatic hydroxyl groups is 1. The van der Waals surface area contributed by atoms with Gasteiger partial charge in [-0.15, -0.1) is 11.3 Å². The number of hydrogen-bond donors (Lipinski definition) is 3. The zero-order chi connectivity index (χ0) is 21.4. The van der Waals surface area contributed by atoms with Crippen LogP contribution in [0.25, 0.3) is 43.6 Å². The molecule has 0 atom stereocenters. The maximum absolute atomic E-state index is 12.7. The second-order valence-corrected chi connectivity index (χ2v) is 8.17. The maximum atomic E-state index is 12.7. The van der Waals surface area contributed by atoms with E-state index in [0.717, 1.165) is 27.8 Å². The minimum atomic E-state index is -0.319. The fourth-order valence-corrected chi connectivity index (χ4v) is 4.93. The quantitative estimate of drug-likeness (QED) is 0.341. The van der Waals surface area contributed by atoms with E-state index in [4.69, 9.17) is 0 Å². The van der Waals surface area contributed by atoms with Crippen LogP contribution in [-0.2, 0) is 6.61 Å². The molecule has 0 aliphatic carbocycles. The van der Waals surface area contributed by atoms with Gasteiger partial charge in [0.25, 0.3) is 5.56 Å². The highest BCUT2D eigenvalue weighted by Gasteiger charge is 2.19. The molecule has 2 aromatic heterocycles. The summed E-state index contributed by atoms with van der Waals surface area (Å²) in [6, 6.07) is 25.0. The van der Waals surface area contributed by atoms with Crippen LogP contribution in [0.4, 0.5) is 0 Å². The summed E-state index contributed by atoms with van der Waals surface area (Å²) in [4.78, 5) is 16.2. The van der Waals surface area contributed by atoms with Crippen molar-refractivity contribution < 1.29 is 10.2 Å². The standard InChI is InChI=1S/C26H19NO3S/c28-14-19-13-18(11-12-20(19)16-7-3-1-4-8-16)21-15-31-26-23(21)24(29)22(25(30)27-26)17-9-5-2-6-10-17/h1-13,15,28H,14H2,(H2,27,29,30). The van der Waals surface area contributed by atoms with Crippen molar-refractivity contribution in [2.24, 2.45) is 0 Å². The summed E-state index contributed by atoms with van der Waals surface area (Å²) < 4.78 is 0. The number of aromatic hydroxyl groups is 1. The number of aromatic nitrogens is 1. The fraction of sp³-hybridized carbons (Fsp3) is 0.0385. The first kappa shape index (κ1) is 19.3. The number of thiophene rings is 1. The average Bonchev–Trinajstić information content (AvgIpc) is 3.24. The van der Waals surface area contributed by atoms with Crippen LogP contribution in [0.5, 0.6) is 5.75 Å². The van der Waals surface area contributed by atoms with Crippen molar-refractivity contribution in [1.82, 2.24) is 4.98 Å². The van der Waals surface area contributed by atoms with Crippen LogP contribution in [0.15, 0.2) is 89.0 Å². The second kappa shape index (κ2) is 7.87. The summed E-state index contributed by atoms with van der Waals surface area (Å²) in [5.74, 6) is -0.0288. The van der Waals surface area contributed by atoms with Crippen LogP contribution in [0, 0.1) is 0 Å². The van der Waals surface area contributed by atoms with Gasteiger partial charge in [0.1, 0.15) is 10.6 Å². The first-order valence-corrected chi connectivity index (χ1v) is 10.8. The highest BCUT2D eigenvalue weighted by atomic mass is 32.1. The Kier molecular flexibility index (Phi) is 4.90. The van der Waals surface area contributed by atoms with E-state index in [2.05, 4.69) is 4.98 Å². The van der Waals surface area contributed by atoms with Crippen molar-refractivity contribution in [3.05, 3.63) is 100 Å². The van der Waals surface area contributed by atoms with Gasteiger partial charge in [-0.1, -0.05) is 72.8 Å². The lowest BCUT2D eigenvalue weighted by atomic mass is 9.94. The van der Waals surface area contributed by atoms with E-state index in [1.165, 1.54) is 11.3 Å². The number of H-pyrrole nitrogens is 1. The van der Waals surface area contributed by atoms with Gasteiger partial charge in [-0.25, -0.2) is 0 Å². The molecule has 4 nitrogen and oxygen atoms in total. The molecule has 5 rings (SSSR count). The van der Waals surface area contributed by atoms with Gasteiger partial charge in [-0.3, -0.25) is 4.79 Å². The van der Waals surface area contributed by atoms with E-state index in [9.17, 15) is 15.0 Å². The number of aliphatic hydroxyl groups excluding tert-OH is 1. The maximum Gasteiger partial charge on any atom is 0.260 e. The van der Waals surface area contributed by atoms with E-state index >= 15 is 0 Å². The Morgan fingerprint density at radius 3 is 2.16 bits per heavy atom. The Labute approximate surface area is 182 Å². The molecule has 0 bridgehead atoms. The van der Waals surface area contributed by atoms with Crippen LogP contribution in [0.1, 0.15) is 5.56 Å². The van der Waals surface area contributed by atoms with Crippen LogP contribution in [0.2, 0.25) is 0 Å². The van der Waals surface area contributed by atoms with Gasteiger partial charge in [-0.2, -0.15) is 0 Å². The normalized spacial score (nSPS) is 11.1. The predicted octanol–water partition coefficient (Wildman–Crippen LogP) is 5.79. The monoisotopic (exact) mass is 425 g/mol. The number of benzene rings is 3. The Bertz CT molecular complexity index is 1440. The molecule has 0 saturated heterocycles. The summed E-state index contributed by atoms with van der Waals surface area (Å²) in [5, 5.41) is 23.7. The molecule has 2 heterocycles. The Morgan fingerprint density at radius 2 is 1.48 bits per heavy atom. The molecular weight excluding hydrogens is 406 g/mol. The molecule has 3 N–H and O–H groups in total. The van der Waals surface area contributed by atoms with Crippen molar-refractivity contribution in [2.75, 3.05) is 0 Å². The highest BCUT2D eigenvalue weighted by Crippen LogP contribution is 2.42. The van der Waals surface area contributed by atoms with Crippen molar-refractivity contribution in [1.29, 1.82) is 0 Å². The molecule has 0 spiro atoms. The molecule has 0 radical (unpaired) electrons. The molecule has 0 saturated carbocycles. The number of nitrogens with one attached hydrogen (secondary N) is 1. The summed E-state index contributed by atoms with van der Waals surface area (Å²) in [5.41, 5.74) is 5.10. The van der Waals surface area contributed by atoms with Crippen molar-refractivity contribution in [2.45, 2.75) is 6.61 Å². The molecule has 152 valence electrons. The van der Waals surface area contributed by atoms with Crippen LogP contribution in [-0.4, -0.2) is 15.2 Å². The van der Waals surface area contributed by atoms with Gasteiger partial charge in [0.2, 0.25) is 0 Å². The van der Waals surface area contributed by atoms with E-state index < -0.39 is 0 Å². The first-order chi connectivity index (χ1) is 15.2. The molecule has 3 aromatic carbocycles. The number of hydrogen-bond acceptors (Lipinski definition) is 4. The third kappa shape index (κ3) is 3.34. The summed E-state index contributed by atoms with van der Waals surface area (Å²) >= 11 is 1.38. The van der Waals surface area contributed by atoms with Crippen LogP contribution >= 0.6 is 11.3 Å². The zero-order valence-corrected chi connectivity index (χ0v) is 17.3. The Morgan fingerprint density at radius 1 is 0.806 bits per heavy atom. The number of aromatic amines is 1. The minimum absolute atomic E-state index is 0.0288. The van der Waals surface area contributed by atoms with Gasteiger partial charge in [0.15, 0.2) is 0 Å². The molecule has 5 heteroatoms. The second-order valence-electron chi connectivity index (χ2n) is 7.29. The van der Waals surface area contributed by atoms with Crippen LogP contribution < -0.4 is 5.56 Å². The molecule has 0 unspecified atom stereocenters. The number of pyridine rings is 1. The lowest BCUT2D eigenvalue weighted by molar-refractivity contribution is 0.282. The average molecular weight is 426 g/mol. The van der Waals surface area contributed by atoms with Crippen molar-refractivity contribution in [3.8, 4) is 39.1 Å². The Hall–Kier alpha value is -3.67. The van der Waals surface area contributed by atoms with E-state index in [-0.39, 0.29) is 23.5 Å². The Balaban J connectivity index is 1.70. The van der Waals surface area contributed by atoms with E-state index in [1.54, 1.807) is 12.1 Å². The summed E-state index contributed by atoms with van der Waals surface area (Å²) in [6.45, 7) is -0.0990. The molecule has 0 fully saturated rings. The van der Waals surface area contributed by atoms with Crippen LogP contribution in [0.3, 0.4) is 0 Å². The van der Waals surface area contributed by atoms with Gasteiger partial charge < -0.3 is 15.2 Å². The predicted molar refractivity (Wildman–Crippen MR) is 126 cm³/mol. The van der Waals surface area contributed by atoms with E-state index in [1.807, 2.05) is 72.1 Å². The molecular formula is C26H19NO3S.